The Labute approximate surface area is 113 Å². The van der Waals surface area contributed by atoms with Crippen LogP contribution in [0.1, 0.15) is 5.56 Å². The number of carboxylic acid groups (broad SMARTS) is 1. The van der Waals surface area contributed by atoms with Crippen LogP contribution in [0.25, 0.3) is 0 Å². The number of benzene rings is 1. The number of rotatable bonds is 4. The number of hydrogen-bond acceptors (Lipinski definition) is 4. The Hall–Kier alpha value is -0.950. The van der Waals surface area contributed by atoms with Crippen molar-refractivity contribution < 1.29 is 19.7 Å². The van der Waals surface area contributed by atoms with E-state index in [4.69, 9.17) is 9.84 Å². The van der Waals surface area contributed by atoms with Gasteiger partial charge in [-0.05, 0) is 11.6 Å². The van der Waals surface area contributed by atoms with E-state index in [1.807, 2.05) is 24.3 Å². The molecule has 18 heavy (non-hydrogen) atoms. The van der Waals surface area contributed by atoms with E-state index in [-0.39, 0.29) is 0 Å². The number of nitrogens with one attached hydrogen (secondary N) is 1. The summed E-state index contributed by atoms with van der Waals surface area (Å²) >= 11 is 3.40. The number of halogens is 1. The highest BCUT2D eigenvalue weighted by atomic mass is 79.9. The maximum Gasteiger partial charge on any atom is 0.323 e. The molecular weight excluding hydrogens is 302 g/mol. The van der Waals surface area contributed by atoms with Gasteiger partial charge in [0.1, 0.15) is 12.1 Å². The summed E-state index contributed by atoms with van der Waals surface area (Å²) in [6.45, 7) is 0.666. The molecule has 0 unspecified atom stereocenters. The van der Waals surface area contributed by atoms with Crippen molar-refractivity contribution in [2.24, 2.45) is 0 Å². The summed E-state index contributed by atoms with van der Waals surface area (Å²) in [5.74, 6) is -1.06. The zero-order chi connectivity index (χ0) is 13.1. The molecule has 0 radical (unpaired) electrons. The number of hydrogen-bond donors (Lipinski definition) is 3. The molecule has 1 aliphatic heterocycles. The molecule has 0 aromatic heterocycles. The molecule has 1 saturated heterocycles. The first kappa shape index (κ1) is 13.5. The standard InChI is InChI=1S/C12H14BrNO4/c13-8-4-2-1-3-7(8)6-18-9-5-14-10(11(9)15)12(16)17/h1-4,9-11,14-15H,5-6H2,(H,16,17)/t9-,10-,11+/m0/s1. The Bertz CT molecular complexity index is 440. The second-order valence-corrected chi connectivity index (χ2v) is 5.01. The molecule has 1 aliphatic rings. The predicted octanol–water partition coefficient (Wildman–Crippen LogP) is 0.752. The summed E-state index contributed by atoms with van der Waals surface area (Å²) in [5, 5.41) is 21.4. The van der Waals surface area contributed by atoms with E-state index in [0.29, 0.717) is 13.2 Å². The fourth-order valence-electron chi connectivity index (χ4n) is 1.90. The smallest absolute Gasteiger partial charge is 0.323 e. The number of aliphatic hydroxyl groups excluding tert-OH is 1. The molecule has 2 rings (SSSR count). The van der Waals surface area contributed by atoms with Gasteiger partial charge in [0.05, 0.1) is 12.7 Å². The van der Waals surface area contributed by atoms with Crippen LogP contribution >= 0.6 is 15.9 Å². The minimum absolute atomic E-state index is 0.331. The monoisotopic (exact) mass is 315 g/mol. The van der Waals surface area contributed by atoms with Crippen molar-refractivity contribution in [2.75, 3.05) is 6.54 Å². The molecule has 0 amide bonds. The van der Waals surface area contributed by atoms with Gasteiger partial charge in [0.15, 0.2) is 0 Å². The van der Waals surface area contributed by atoms with Crippen molar-refractivity contribution >= 4 is 21.9 Å². The second kappa shape index (κ2) is 5.79. The molecule has 0 bridgehead atoms. The third-order valence-electron chi connectivity index (χ3n) is 2.94. The van der Waals surface area contributed by atoms with Crippen molar-refractivity contribution in [2.45, 2.75) is 24.9 Å². The summed E-state index contributed by atoms with van der Waals surface area (Å²) in [5.41, 5.74) is 0.962. The van der Waals surface area contributed by atoms with Crippen molar-refractivity contribution in [3.63, 3.8) is 0 Å². The topological polar surface area (TPSA) is 78.8 Å². The number of ether oxygens (including phenoxy) is 1. The molecule has 6 heteroatoms. The minimum atomic E-state index is -1.06. The number of aliphatic hydroxyl groups is 1. The van der Waals surface area contributed by atoms with E-state index < -0.39 is 24.2 Å². The molecule has 1 aromatic carbocycles. The summed E-state index contributed by atoms with van der Waals surface area (Å²) in [6.07, 6.45) is -1.52. The van der Waals surface area contributed by atoms with Crippen molar-refractivity contribution in [3.05, 3.63) is 34.3 Å². The predicted molar refractivity (Wildman–Crippen MR) is 68.2 cm³/mol. The van der Waals surface area contributed by atoms with Crippen LogP contribution in [0.5, 0.6) is 0 Å². The molecule has 5 nitrogen and oxygen atoms in total. The van der Waals surface area contributed by atoms with E-state index in [9.17, 15) is 9.90 Å². The molecule has 1 heterocycles. The maximum absolute atomic E-state index is 10.8. The maximum atomic E-state index is 10.8. The molecule has 1 fully saturated rings. The highest BCUT2D eigenvalue weighted by Gasteiger charge is 2.39. The number of carboxylic acids is 1. The van der Waals surface area contributed by atoms with Gasteiger partial charge >= 0.3 is 5.97 Å². The normalized spacial score (nSPS) is 27.3. The highest BCUT2D eigenvalue weighted by Crippen LogP contribution is 2.19. The second-order valence-electron chi connectivity index (χ2n) is 4.16. The largest absolute Gasteiger partial charge is 0.480 e. The van der Waals surface area contributed by atoms with E-state index in [1.54, 1.807) is 0 Å². The van der Waals surface area contributed by atoms with Gasteiger partial charge in [0.25, 0.3) is 0 Å². The molecule has 98 valence electrons. The SMILES string of the molecule is O=C(O)[C@H]1NC[C@H](OCc2ccccc2Br)[C@H]1O. The molecule has 0 saturated carbocycles. The van der Waals surface area contributed by atoms with Crippen molar-refractivity contribution in [3.8, 4) is 0 Å². The average Bonchev–Trinajstić information content (AvgIpc) is 2.70. The van der Waals surface area contributed by atoms with Crippen LogP contribution < -0.4 is 5.32 Å². The first-order chi connectivity index (χ1) is 8.59. The van der Waals surface area contributed by atoms with Gasteiger partial charge in [-0.3, -0.25) is 10.1 Å². The van der Waals surface area contributed by atoms with Crippen LogP contribution in [0.2, 0.25) is 0 Å². The highest BCUT2D eigenvalue weighted by molar-refractivity contribution is 9.10. The number of carbonyl (C=O) groups is 1. The summed E-state index contributed by atoms with van der Waals surface area (Å²) in [6, 6.07) is 6.66. The minimum Gasteiger partial charge on any atom is -0.480 e. The zero-order valence-electron chi connectivity index (χ0n) is 9.54. The Balaban J connectivity index is 1.92. The lowest BCUT2D eigenvalue weighted by Crippen LogP contribution is -2.40. The molecule has 0 aliphatic carbocycles. The first-order valence-corrected chi connectivity index (χ1v) is 6.38. The Kier molecular flexibility index (Phi) is 4.34. The van der Waals surface area contributed by atoms with Gasteiger partial charge in [-0.2, -0.15) is 0 Å². The molecule has 0 spiro atoms. The van der Waals surface area contributed by atoms with E-state index >= 15 is 0 Å². The zero-order valence-corrected chi connectivity index (χ0v) is 11.1. The average molecular weight is 316 g/mol. The van der Waals surface area contributed by atoms with Crippen molar-refractivity contribution in [1.82, 2.24) is 5.32 Å². The van der Waals surface area contributed by atoms with E-state index in [2.05, 4.69) is 21.2 Å². The molecule has 3 N–H and O–H groups in total. The summed E-state index contributed by atoms with van der Waals surface area (Å²) < 4.78 is 6.49. The van der Waals surface area contributed by atoms with Gasteiger partial charge in [0.2, 0.25) is 0 Å². The van der Waals surface area contributed by atoms with Crippen LogP contribution in [-0.2, 0) is 16.1 Å². The number of aliphatic carboxylic acids is 1. The van der Waals surface area contributed by atoms with Crippen LogP contribution in [0.3, 0.4) is 0 Å². The fraction of sp³-hybridized carbons (Fsp3) is 0.417. The van der Waals surface area contributed by atoms with Gasteiger partial charge in [-0.15, -0.1) is 0 Å². The van der Waals surface area contributed by atoms with Crippen LogP contribution in [0.15, 0.2) is 28.7 Å². The lowest BCUT2D eigenvalue weighted by Gasteiger charge is -2.17. The summed E-state index contributed by atoms with van der Waals surface area (Å²) in [4.78, 5) is 10.8. The molecular formula is C12H14BrNO4. The van der Waals surface area contributed by atoms with Gasteiger partial charge < -0.3 is 14.9 Å². The van der Waals surface area contributed by atoms with E-state index in [1.165, 1.54) is 0 Å². The fourth-order valence-corrected chi connectivity index (χ4v) is 2.30. The molecule has 3 atom stereocenters. The third-order valence-corrected chi connectivity index (χ3v) is 3.71. The van der Waals surface area contributed by atoms with E-state index in [0.717, 1.165) is 10.0 Å². The van der Waals surface area contributed by atoms with Gasteiger partial charge in [-0.1, -0.05) is 34.1 Å². The van der Waals surface area contributed by atoms with Gasteiger partial charge in [0, 0.05) is 11.0 Å². The lowest BCUT2D eigenvalue weighted by atomic mass is 10.1. The van der Waals surface area contributed by atoms with Crippen LogP contribution in [0.4, 0.5) is 0 Å². The Morgan fingerprint density at radius 3 is 2.83 bits per heavy atom. The van der Waals surface area contributed by atoms with Crippen molar-refractivity contribution in [1.29, 1.82) is 0 Å². The van der Waals surface area contributed by atoms with Gasteiger partial charge in [-0.25, -0.2) is 0 Å². The Morgan fingerprint density at radius 1 is 1.50 bits per heavy atom. The lowest BCUT2D eigenvalue weighted by molar-refractivity contribution is -0.142. The van der Waals surface area contributed by atoms with Crippen LogP contribution in [0, 0.1) is 0 Å². The third kappa shape index (κ3) is 2.89. The first-order valence-electron chi connectivity index (χ1n) is 5.59. The summed E-state index contributed by atoms with van der Waals surface area (Å²) in [7, 11) is 0. The molecule has 1 aromatic rings. The Morgan fingerprint density at radius 2 is 2.22 bits per heavy atom. The van der Waals surface area contributed by atoms with Crippen LogP contribution in [-0.4, -0.2) is 41.0 Å². The quantitative estimate of drug-likeness (QED) is 0.764.